The first-order chi connectivity index (χ1) is 10.6. The molecular formula is C16H23BrN2O3. The molecule has 0 aliphatic carbocycles. The van der Waals surface area contributed by atoms with Gasteiger partial charge in [-0.25, -0.2) is 0 Å². The minimum Gasteiger partial charge on any atom is -0.492 e. The topological polar surface area (TPSA) is 67.4 Å². The number of benzene rings is 1. The Morgan fingerprint density at radius 3 is 2.55 bits per heavy atom. The van der Waals surface area contributed by atoms with Gasteiger partial charge in [0.2, 0.25) is 5.91 Å². The molecule has 0 atom stereocenters. The van der Waals surface area contributed by atoms with Crippen LogP contribution in [0.15, 0.2) is 22.7 Å². The zero-order valence-corrected chi connectivity index (χ0v) is 14.7. The van der Waals surface area contributed by atoms with E-state index in [0.29, 0.717) is 28.8 Å². The first-order valence-electron chi connectivity index (χ1n) is 7.60. The molecular weight excluding hydrogens is 348 g/mol. The molecule has 1 aromatic rings. The molecule has 2 N–H and O–H groups in total. The van der Waals surface area contributed by atoms with Crippen LogP contribution in [0.1, 0.15) is 56.3 Å². The molecule has 22 heavy (non-hydrogen) atoms. The van der Waals surface area contributed by atoms with E-state index in [4.69, 9.17) is 4.74 Å². The van der Waals surface area contributed by atoms with Crippen molar-refractivity contribution in [3.63, 3.8) is 0 Å². The summed E-state index contributed by atoms with van der Waals surface area (Å²) in [6.07, 6.45) is 4.22. The molecule has 0 spiro atoms. The van der Waals surface area contributed by atoms with Gasteiger partial charge in [0, 0.05) is 12.0 Å². The van der Waals surface area contributed by atoms with Crippen LogP contribution in [0.25, 0.3) is 0 Å². The SMILES string of the molecule is CCCCCC(=O)NNC(=O)c1ccc(OCCC)c(Br)c1. The van der Waals surface area contributed by atoms with Crippen LogP contribution in [0.4, 0.5) is 0 Å². The third-order valence-corrected chi connectivity index (χ3v) is 3.60. The van der Waals surface area contributed by atoms with E-state index < -0.39 is 0 Å². The van der Waals surface area contributed by atoms with Crippen molar-refractivity contribution in [3.05, 3.63) is 28.2 Å². The van der Waals surface area contributed by atoms with Crippen LogP contribution in [-0.4, -0.2) is 18.4 Å². The lowest BCUT2D eigenvalue weighted by atomic mass is 10.2. The van der Waals surface area contributed by atoms with Crippen LogP contribution in [0, 0.1) is 0 Å². The standard InChI is InChI=1S/C16H23BrN2O3/c1-3-5-6-7-15(20)18-19-16(21)12-8-9-14(13(17)11-12)22-10-4-2/h8-9,11H,3-7,10H2,1-2H3,(H,18,20)(H,19,21). The maximum Gasteiger partial charge on any atom is 0.269 e. The van der Waals surface area contributed by atoms with Crippen molar-refractivity contribution in [2.45, 2.75) is 46.0 Å². The average molecular weight is 371 g/mol. The largest absolute Gasteiger partial charge is 0.492 e. The molecule has 0 radical (unpaired) electrons. The molecule has 0 aliphatic heterocycles. The van der Waals surface area contributed by atoms with Crippen LogP contribution in [0.5, 0.6) is 5.75 Å². The molecule has 1 rings (SSSR count). The van der Waals surface area contributed by atoms with Crippen molar-refractivity contribution >= 4 is 27.7 Å². The summed E-state index contributed by atoms with van der Waals surface area (Å²) in [6, 6.07) is 5.07. The highest BCUT2D eigenvalue weighted by Gasteiger charge is 2.10. The van der Waals surface area contributed by atoms with Crippen molar-refractivity contribution in [2.24, 2.45) is 0 Å². The van der Waals surface area contributed by atoms with Gasteiger partial charge in [0.1, 0.15) is 5.75 Å². The summed E-state index contributed by atoms with van der Waals surface area (Å²) in [4.78, 5) is 23.5. The number of halogens is 1. The van der Waals surface area contributed by atoms with Gasteiger partial charge in [-0.1, -0.05) is 26.7 Å². The van der Waals surface area contributed by atoms with Crippen LogP contribution in [0.2, 0.25) is 0 Å². The highest BCUT2D eigenvalue weighted by molar-refractivity contribution is 9.10. The van der Waals surface area contributed by atoms with Crippen molar-refractivity contribution in [2.75, 3.05) is 6.61 Å². The van der Waals surface area contributed by atoms with E-state index in [1.165, 1.54) is 0 Å². The van der Waals surface area contributed by atoms with E-state index in [9.17, 15) is 9.59 Å². The van der Waals surface area contributed by atoms with Crippen LogP contribution >= 0.6 is 15.9 Å². The van der Waals surface area contributed by atoms with E-state index in [2.05, 4.69) is 33.7 Å². The molecule has 122 valence electrons. The second-order valence-corrected chi connectivity index (χ2v) is 5.81. The zero-order chi connectivity index (χ0) is 16.4. The van der Waals surface area contributed by atoms with Crippen molar-refractivity contribution in [3.8, 4) is 5.75 Å². The molecule has 0 aromatic heterocycles. The van der Waals surface area contributed by atoms with E-state index >= 15 is 0 Å². The highest BCUT2D eigenvalue weighted by Crippen LogP contribution is 2.26. The maximum absolute atomic E-state index is 12.0. The van der Waals surface area contributed by atoms with Crippen molar-refractivity contribution < 1.29 is 14.3 Å². The molecule has 5 nitrogen and oxygen atoms in total. The third-order valence-electron chi connectivity index (χ3n) is 2.98. The second kappa shape index (κ2) is 10.2. The Labute approximate surface area is 139 Å². The van der Waals surface area contributed by atoms with Gasteiger partial charge in [0.15, 0.2) is 0 Å². The average Bonchev–Trinajstić information content (AvgIpc) is 2.51. The molecule has 0 bridgehead atoms. The Morgan fingerprint density at radius 2 is 1.91 bits per heavy atom. The first-order valence-corrected chi connectivity index (χ1v) is 8.39. The van der Waals surface area contributed by atoms with E-state index in [1.54, 1.807) is 18.2 Å². The van der Waals surface area contributed by atoms with E-state index in [1.807, 2.05) is 6.92 Å². The maximum atomic E-state index is 12.0. The van der Waals surface area contributed by atoms with Crippen LogP contribution in [-0.2, 0) is 4.79 Å². The second-order valence-electron chi connectivity index (χ2n) is 4.95. The number of ether oxygens (including phenoxy) is 1. The van der Waals surface area contributed by atoms with Gasteiger partial charge in [0.25, 0.3) is 5.91 Å². The molecule has 0 unspecified atom stereocenters. The molecule has 6 heteroatoms. The highest BCUT2D eigenvalue weighted by atomic mass is 79.9. The Hall–Kier alpha value is -1.56. The fourth-order valence-corrected chi connectivity index (χ4v) is 2.26. The van der Waals surface area contributed by atoms with E-state index in [0.717, 1.165) is 25.7 Å². The lowest BCUT2D eigenvalue weighted by molar-refractivity contribution is -0.121. The Kier molecular flexibility index (Phi) is 8.58. The number of amides is 2. The summed E-state index contributed by atoms with van der Waals surface area (Å²) in [5.41, 5.74) is 5.29. The lowest BCUT2D eigenvalue weighted by Crippen LogP contribution is -2.41. The molecule has 0 heterocycles. The summed E-state index contributed by atoms with van der Waals surface area (Å²) in [7, 11) is 0. The molecule has 0 saturated heterocycles. The smallest absolute Gasteiger partial charge is 0.269 e. The van der Waals surface area contributed by atoms with E-state index in [-0.39, 0.29) is 11.8 Å². The van der Waals surface area contributed by atoms with Crippen molar-refractivity contribution in [1.29, 1.82) is 0 Å². The summed E-state index contributed by atoms with van der Waals surface area (Å²) >= 11 is 3.38. The lowest BCUT2D eigenvalue weighted by Gasteiger charge is -2.10. The van der Waals surface area contributed by atoms with Gasteiger partial charge < -0.3 is 4.74 Å². The minimum atomic E-state index is -0.355. The normalized spacial score (nSPS) is 10.1. The quantitative estimate of drug-likeness (QED) is 0.542. The van der Waals surface area contributed by atoms with Gasteiger partial charge in [-0.2, -0.15) is 0 Å². The van der Waals surface area contributed by atoms with Gasteiger partial charge in [0.05, 0.1) is 11.1 Å². The predicted octanol–water partition coefficient (Wildman–Crippen LogP) is 3.58. The number of carbonyl (C=O) groups excluding carboxylic acids is 2. The monoisotopic (exact) mass is 370 g/mol. The number of hydrogen-bond acceptors (Lipinski definition) is 3. The zero-order valence-electron chi connectivity index (χ0n) is 13.1. The Bertz CT molecular complexity index is 506. The Balaban J connectivity index is 2.48. The number of unbranched alkanes of at least 4 members (excludes halogenated alkanes) is 2. The molecule has 2 amide bonds. The van der Waals surface area contributed by atoms with Crippen LogP contribution < -0.4 is 15.6 Å². The van der Waals surface area contributed by atoms with Crippen molar-refractivity contribution in [1.82, 2.24) is 10.9 Å². The van der Waals surface area contributed by atoms with Gasteiger partial charge in [-0.15, -0.1) is 0 Å². The molecule has 0 saturated carbocycles. The van der Waals surface area contributed by atoms with Gasteiger partial charge >= 0.3 is 0 Å². The Morgan fingerprint density at radius 1 is 1.14 bits per heavy atom. The van der Waals surface area contributed by atoms with Gasteiger partial charge in [-0.3, -0.25) is 20.4 Å². The molecule has 0 fully saturated rings. The summed E-state index contributed by atoms with van der Waals surface area (Å²) in [6.45, 7) is 4.72. The number of nitrogens with one attached hydrogen (secondary N) is 2. The number of hydrogen-bond donors (Lipinski definition) is 2. The van der Waals surface area contributed by atoms with Crippen LogP contribution in [0.3, 0.4) is 0 Å². The summed E-state index contributed by atoms with van der Waals surface area (Å²) in [5, 5.41) is 0. The fourth-order valence-electron chi connectivity index (χ4n) is 1.77. The summed E-state index contributed by atoms with van der Waals surface area (Å²) < 4.78 is 6.24. The minimum absolute atomic E-state index is 0.177. The predicted molar refractivity (Wildman–Crippen MR) is 89.7 cm³/mol. The van der Waals surface area contributed by atoms with Gasteiger partial charge in [-0.05, 0) is 47.0 Å². The number of rotatable bonds is 8. The first kappa shape index (κ1) is 18.5. The fraction of sp³-hybridized carbons (Fsp3) is 0.500. The molecule has 0 aliphatic rings. The molecule has 1 aromatic carbocycles. The summed E-state index contributed by atoms with van der Waals surface area (Å²) in [5.74, 6) is 0.164. The number of carbonyl (C=O) groups is 2. The number of hydrazine groups is 1. The third kappa shape index (κ3) is 6.47.